The maximum absolute atomic E-state index is 12.0. The molecule has 0 saturated heterocycles. The van der Waals surface area contributed by atoms with E-state index in [2.05, 4.69) is 5.73 Å². The minimum absolute atomic E-state index is 0.213. The topological polar surface area (TPSA) is 76.1 Å². The van der Waals surface area contributed by atoms with E-state index >= 15 is 0 Å². The third-order valence-corrected chi connectivity index (χ3v) is 3.98. The lowest BCUT2D eigenvalue weighted by atomic mass is 10.0. The van der Waals surface area contributed by atoms with Gasteiger partial charge in [-0.05, 0) is 49.3 Å². The molecule has 0 bridgehead atoms. The molecule has 0 aliphatic carbocycles. The van der Waals surface area contributed by atoms with E-state index in [0.717, 1.165) is 4.31 Å². The number of anilines is 1. The maximum Gasteiger partial charge on any atom is 0.329 e. The molecular weight excluding hydrogens is 330 g/mol. The van der Waals surface area contributed by atoms with Crippen molar-refractivity contribution in [3.63, 3.8) is 0 Å². The Hall–Kier alpha value is -2.08. The molecule has 0 saturated carbocycles. The number of benzene rings is 1. The van der Waals surface area contributed by atoms with Gasteiger partial charge in [-0.1, -0.05) is 13.8 Å². The monoisotopic (exact) mass is 353 g/mol. The van der Waals surface area contributed by atoms with E-state index in [9.17, 15) is 13.6 Å². The minimum Gasteiger partial charge on any atom is -0.489 e. The maximum atomic E-state index is 12.0. The number of hydrogen-bond donors (Lipinski definition) is 1. The highest BCUT2D eigenvalue weighted by Gasteiger charge is 2.33. The van der Waals surface area contributed by atoms with E-state index in [1.54, 1.807) is 50.3 Å². The smallest absolute Gasteiger partial charge is 0.329 e. The number of esters is 1. The Morgan fingerprint density at radius 1 is 1.38 bits per heavy atom. The molecule has 132 valence electrons. The third-order valence-electron chi connectivity index (χ3n) is 3.20. The molecule has 7 heteroatoms. The van der Waals surface area contributed by atoms with Gasteiger partial charge in [0.1, 0.15) is 18.4 Å². The fourth-order valence-corrected chi connectivity index (χ4v) is 2.93. The van der Waals surface area contributed by atoms with Gasteiger partial charge in [-0.2, -0.15) is 0 Å². The summed E-state index contributed by atoms with van der Waals surface area (Å²) in [6.07, 6.45) is 3.52. The Labute approximate surface area is 145 Å². The Kier molecular flexibility index (Phi) is 8.26. The molecule has 1 aromatic rings. The first-order valence-corrected chi connectivity index (χ1v) is 8.55. The van der Waals surface area contributed by atoms with Gasteiger partial charge >= 0.3 is 5.97 Å². The average Bonchev–Trinajstić information content (AvgIpc) is 2.56. The second-order valence-corrected chi connectivity index (χ2v) is 6.09. The molecule has 1 N–H and O–H groups in total. The fourth-order valence-electron chi connectivity index (χ4n) is 2.10. The molecule has 6 nitrogen and oxygen atoms in total. The summed E-state index contributed by atoms with van der Waals surface area (Å²) in [4.78, 5) is 12.0. The first-order valence-electron chi connectivity index (χ1n) is 7.48. The molecule has 0 radical (unpaired) electrons. The highest BCUT2D eigenvalue weighted by Crippen LogP contribution is 2.26. The number of carbonyl (C=O) groups is 1. The summed E-state index contributed by atoms with van der Waals surface area (Å²) in [5, 5.41) is 0. The van der Waals surface area contributed by atoms with Crippen molar-refractivity contribution in [1.29, 1.82) is 0 Å². The number of ether oxygens (including phenoxy) is 2. The molecule has 0 heterocycles. The normalized spacial score (nSPS) is 12.8. The van der Waals surface area contributed by atoms with Crippen LogP contribution in [0.15, 0.2) is 42.1 Å². The molecule has 0 spiro atoms. The molecule has 0 aliphatic heterocycles. The largest absolute Gasteiger partial charge is 0.489 e. The summed E-state index contributed by atoms with van der Waals surface area (Å²) in [5.74, 6) is -0.171. The second-order valence-electron chi connectivity index (χ2n) is 5.23. The molecule has 0 amide bonds. The van der Waals surface area contributed by atoms with Crippen LogP contribution >= 0.6 is 0 Å². The summed E-state index contributed by atoms with van der Waals surface area (Å²) < 4.78 is 32.8. The second kappa shape index (κ2) is 9.93. The van der Waals surface area contributed by atoms with Crippen molar-refractivity contribution in [2.45, 2.75) is 26.8 Å². The number of carbonyl (C=O) groups excluding carboxylic acids is 1. The van der Waals surface area contributed by atoms with Crippen LogP contribution in [0.2, 0.25) is 0 Å². The lowest BCUT2D eigenvalue weighted by Crippen LogP contribution is -2.46. The summed E-state index contributed by atoms with van der Waals surface area (Å²) >= 11 is -2.37. The van der Waals surface area contributed by atoms with Crippen LogP contribution in [0, 0.1) is 5.92 Å². The zero-order valence-corrected chi connectivity index (χ0v) is 15.1. The molecule has 24 heavy (non-hydrogen) atoms. The van der Waals surface area contributed by atoms with Gasteiger partial charge in [0.25, 0.3) is 11.3 Å². The Bertz CT molecular complexity index is 620. The standard InChI is InChI=1S/C17H23NO5S/c1-5-6-7-12-23-15-10-8-14(9-11-15)18(24(20)21)16(13(2)3)17(19)22-4/h5,7-11,13,16H,12H2,1-4H3,(H,20,21). The zero-order chi connectivity index (χ0) is 18.1. The van der Waals surface area contributed by atoms with Gasteiger partial charge in [-0.15, -0.1) is 5.73 Å². The number of rotatable bonds is 8. The lowest BCUT2D eigenvalue weighted by molar-refractivity contribution is -0.142. The van der Waals surface area contributed by atoms with Crippen molar-refractivity contribution in [3.05, 3.63) is 42.1 Å². The molecule has 0 aromatic heterocycles. The van der Waals surface area contributed by atoms with Crippen molar-refractivity contribution in [3.8, 4) is 5.75 Å². The van der Waals surface area contributed by atoms with Crippen molar-refractivity contribution >= 4 is 22.9 Å². The Balaban J connectivity index is 3.02. The van der Waals surface area contributed by atoms with Gasteiger partial charge in [0.15, 0.2) is 0 Å². The number of hydrogen-bond acceptors (Lipinski definition) is 4. The minimum atomic E-state index is -2.37. The quantitative estimate of drug-likeness (QED) is 0.442. The van der Waals surface area contributed by atoms with Crippen LogP contribution in [0.1, 0.15) is 20.8 Å². The Morgan fingerprint density at radius 2 is 2.00 bits per heavy atom. The van der Waals surface area contributed by atoms with E-state index in [-0.39, 0.29) is 5.92 Å². The van der Waals surface area contributed by atoms with Crippen molar-refractivity contribution in [2.24, 2.45) is 5.92 Å². The van der Waals surface area contributed by atoms with Gasteiger partial charge in [0, 0.05) is 0 Å². The third kappa shape index (κ3) is 5.53. The van der Waals surface area contributed by atoms with Crippen molar-refractivity contribution < 1.29 is 23.0 Å². The molecule has 2 atom stereocenters. The zero-order valence-electron chi connectivity index (χ0n) is 14.3. The molecule has 0 fully saturated rings. The van der Waals surface area contributed by atoms with Gasteiger partial charge in [0.05, 0.1) is 12.8 Å². The van der Waals surface area contributed by atoms with E-state index in [1.165, 1.54) is 7.11 Å². The van der Waals surface area contributed by atoms with E-state index < -0.39 is 23.3 Å². The molecule has 0 aliphatic rings. The van der Waals surface area contributed by atoms with Crippen LogP contribution in [-0.4, -0.2) is 34.5 Å². The highest BCUT2D eigenvalue weighted by atomic mass is 32.2. The van der Waals surface area contributed by atoms with E-state index in [4.69, 9.17) is 9.47 Å². The summed E-state index contributed by atoms with van der Waals surface area (Å²) in [5.41, 5.74) is 3.33. The van der Waals surface area contributed by atoms with Crippen LogP contribution in [0.25, 0.3) is 0 Å². The lowest BCUT2D eigenvalue weighted by Gasteiger charge is -2.30. The predicted octanol–water partition coefficient (Wildman–Crippen LogP) is 2.94. The summed E-state index contributed by atoms with van der Waals surface area (Å²) in [6.45, 7) is 5.80. The van der Waals surface area contributed by atoms with Crippen LogP contribution < -0.4 is 9.04 Å². The van der Waals surface area contributed by atoms with Gasteiger partial charge in [-0.25, -0.2) is 9.00 Å². The van der Waals surface area contributed by atoms with Crippen LogP contribution in [-0.2, 0) is 20.8 Å². The van der Waals surface area contributed by atoms with Crippen LogP contribution in [0.3, 0.4) is 0 Å². The first-order chi connectivity index (χ1) is 11.4. The molecule has 1 rings (SSSR count). The summed E-state index contributed by atoms with van der Waals surface area (Å²) in [6, 6.07) is 5.73. The summed E-state index contributed by atoms with van der Waals surface area (Å²) in [7, 11) is 1.26. The molecule has 2 unspecified atom stereocenters. The van der Waals surface area contributed by atoms with Gasteiger partial charge < -0.3 is 9.47 Å². The van der Waals surface area contributed by atoms with Crippen molar-refractivity contribution in [2.75, 3.05) is 18.0 Å². The Morgan fingerprint density at radius 3 is 2.46 bits per heavy atom. The van der Waals surface area contributed by atoms with Crippen LogP contribution in [0.4, 0.5) is 5.69 Å². The highest BCUT2D eigenvalue weighted by molar-refractivity contribution is 7.80. The SMILES string of the molecule is CC=C=CCOc1ccc(N(C(C(=O)OC)C(C)C)S(=O)O)cc1. The first kappa shape index (κ1) is 20.0. The number of methoxy groups -OCH3 is 1. The molecular formula is C17H23NO5S. The average molecular weight is 353 g/mol. The predicted molar refractivity (Wildman–Crippen MR) is 94.2 cm³/mol. The van der Waals surface area contributed by atoms with Crippen molar-refractivity contribution in [1.82, 2.24) is 0 Å². The number of nitrogens with zero attached hydrogens (tertiary/aromatic N) is 1. The van der Waals surface area contributed by atoms with Gasteiger partial charge in [0.2, 0.25) is 0 Å². The fraction of sp³-hybridized carbons (Fsp3) is 0.412. The van der Waals surface area contributed by atoms with E-state index in [0.29, 0.717) is 18.0 Å². The van der Waals surface area contributed by atoms with Crippen LogP contribution in [0.5, 0.6) is 5.75 Å². The van der Waals surface area contributed by atoms with Gasteiger partial charge in [-0.3, -0.25) is 8.86 Å². The van der Waals surface area contributed by atoms with E-state index in [1.807, 2.05) is 6.92 Å². The molecule has 1 aromatic carbocycles.